The number of nitrogens with zero attached hydrogens (tertiary/aromatic N) is 3. The molecule has 6 heteroatoms. The Bertz CT molecular complexity index is 493. The summed E-state index contributed by atoms with van der Waals surface area (Å²) in [5.41, 5.74) is -0.150. The predicted octanol–water partition coefficient (Wildman–Crippen LogP) is 1.78. The fourth-order valence-electron chi connectivity index (χ4n) is 1.76. The number of carbonyl (C=O) groups excluding carboxylic acids is 1. The fraction of sp³-hybridized carbons (Fsp3) is 0.667. The molecule has 21 heavy (non-hydrogen) atoms. The number of aromatic nitrogens is 2. The minimum atomic E-state index is -0.150. The van der Waals surface area contributed by atoms with E-state index in [1.165, 1.54) is 0 Å². The first-order chi connectivity index (χ1) is 9.63. The molecule has 1 aromatic heterocycles. The third-order valence-corrected chi connectivity index (χ3v) is 2.86. The second-order valence-corrected chi connectivity index (χ2v) is 6.51. The van der Waals surface area contributed by atoms with Crippen LogP contribution in [0.2, 0.25) is 0 Å². The summed E-state index contributed by atoms with van der Waals surface area (Å²) in [6.45, 7) is 10.4. The van der Waals surface area contributed by atoms with Gasteiger partial charge in [-0.15, -0.1) is 0 Å². The molecule has 0 aliphatic carbocycles. The van der Waals surface area contributed by atoms with Gasteiger partial charge in [0.2, 0.25) is 5.91 Å². The molecule has 0 radical (unpaired) electrons. The van der Waals surface area contributed by atoms with Crippen molar-refractivity contribution in [2.24, 2.45) is 0 Å². The van der Waals surface area contributed by atoms with E-state index < -0.39 is 0 Å². The Balaban J connectivity index is 2.98. The Labute approximate surface area is 127 Å². The molecule has 0 saturated carbocycles. The molecule has 1 aromatic rings. The monoisotopic (exact) mass is 293 g/mol. The highest BCUT2D eigenvalue weighted by Crippen LogP contribution is 2.23. The quantitative estimate of drug-likeness (QED) is 0.866. The highest BCUT2D eigenvalue weighted by molar-refractivity contribution is 5.81. The van der Waals surface area contributed by atoms with E-state index in [1.807, 2.05) is 38.9 Å². The van der Waals surface area contributed by atoms with Gasteiger partial charge in [0.1, 0.15) is 17.5 Å². The third kappa shape index (κ3) is 5.21. The number of nitrogens with one attached hydrogen (secondary N) is 2. The first-order valence-electron chi connectivity index (χ1n) is 7.21. The highest BCUT2D eigenvalue weighted by atomic mass is 16.2. The van der Waals surface area contributed by atoms with Crippen LogP contribution in [0.4, 0.5) is 11.6 Å². The molecular weight excluding hydrogens is 266 g/mol. The van der Waals surface area contributed by atoms with Crippen LogP contribution in [0.5, 0.6) is 0 Å². The summed E-state index contributed by atoms with van der Waals surface area (Å²) in [6.07, 6.45) is 0. The van der Waals surface area contributed by atoms with Gasteiger partial charge < -0.3 is 15.5 Å². The zero-order valence-corrected chi connectivity index (χ0v) is 14.1. The third-order valence-electron chi connectivity index (χ3n) is 2.86. The molecule has 2 N–H and O–H groups in total. The standard InChI is InChI=1S/C15H27N5O/c1-10(2)17-13(21)9-20(7)12-8-11(16-6)18-14(19-12)15(3,4)5/h8,10H,9H2,1-7H3,(H,17,21)(H,16,18,19). The normalized spacial score (nSPS) is 11.4. The first kappa shape index (κ1) is 17.2. The van der Waals surface area contributed by atoms with Gasteiger partial charge in [-0.25, -0.2) is 9.97 Å². The first-order valence-corrected chi connectivity index (χ1v) is 7.21. The summed E-state index contributed by atoms with van der Waals surface area (Å²) in [5, 5.41) is 5.92. The fourth-order valence-corrected chi connectivity index (χ4v) is 1.76. The molecule has 0 aliphatic rings. The Morgan fingerprint density at radius 2 is 1.95 bits per heavy atom. The summed E-state index contributed by atoms with van der Waals surface area (Å²) in [5.74, 6) is 2.22. The van der Waals surface area contributed by atoms with E-state index in [9.17, 15) is 4.79 Å². The maximum Gasteiger partial charge on any atom is 0.239 e. The zero-order chi connectivity index (χ0) is 16.2. The molecule has 0 saturated heterocycles. The van der Waals surface area contributed by atoms with E-state index in [0.717, 1.165) is 17.5 Å². The van der Waals surface area contributed by atoms with E-state index in [2.05, 4.69) is 41.4 Å². The molecule has 0 bridgehead atoms. The lowest BCUT2D eigenvalue weighted by molar-refractivity contribution is -0.120. The Kier molecular flexibility index (Phi) is 5.52. The summed E-state index contributed by atoms with van der Waals surface area (Å²) >= 11 is 0. The Hall–Kier alpha value is -1.85. The summed E-state index contributed by atoms with van der Waals surface area (Å²) in [6, 6.07) is 1.98. The number of carbonyl (C=O) groups is 1. The van der Waals surface area contributed by atoms with Gasteiger partial charge >= 0.3 is 0 Å². The summed E-state index contributed by atoms with van der Waals surface area (Å²) in [7, 11) is 3.68. The van der Waals surface area contributed by atoms with Crippen molar-refractivity contribution >= 4 is 17.5 Å². The molecule has 1 heterocycles. The van der Waals surface area contributed by atoms with Gasteiger partial charge in [-0.3, -0.25) is 4.79 Å². The largest absolute Gasteiger partial charge is 0.373 e. The molecular formula is C15H27N5O. The van der Waals surface area contributed by atoms with Gasteiger partial charge in [0.05, 0.1) is 6.54 Å². The topological polar surface area (TPSA) is 70.2 Å². The average molecular weight is 293 g/mol. The van der Waals surface area contributed by atoms with Crippen molar-refractivity contribution in [1.82, 2.24) is 15.3 Å². The molecule has 0 atom stereocenters. The van der Waals surface area contributed by atoms with Gasteiger partial charge in [0, 0.05) is 31.6 Å². The molecule has 0 spiro atoms. The lowest BCUT2D eigenvalue weighted by atomic mass is 9.96. The van der Waals surface area contributed by atoms with Crippen LogP contribution in [-0.2, 0) is 10.2 Å². The summed E-state index contributed by atoms with van der Waals surface area (Å²) < 4.78 is 0. The predicted molar refractivity (Wildman–Crippen MR) is 86.8 cm³/mol. The van der Waals surface area contributed by atoms with Crippen LogP contribution >= 0.6 is 0 Å². The number of amides is 1. The van der Waals surface area contributed by atoms with Crippen molar-refractivity contribution in [3.05, 3.63) is 11.9 Å². The summed E-state index contributed by atoms with van der Waals surface area (Å²) in [4.78, 5) is 22.8. The Morgan fingerprint density at radius 1 is 1.33 bits per heavy atom. The van der Waals surface area contributed by atoms with Crippen molar-refractivity contribution in [2.75, 3.05) is 30.9 Å². The van der Waals surface area contributed by atoms with E-state index >= 15 is 0 Å². The van der Waals surface area contributed by atoms with Gasteiger partial charge in [0.25, 0.3) is 0 Å². The molecule has 1 amide bonds. The van der Waals surface area contributed by atoms with Crippen molar-refractivity contribution < 1.29 is 4.79 Å². The second-order valence-electron chi connectivity index (χ2n) is 6.51. The number of hydrogen-bond acceptors (Lipinski definition) is 5. The number of anilines is 2. The van der Waals surface area contributed by atoms with Crippen LogP contribution in [0.1, 0.15) is 40.4 Å². The lowest BCUT2D eigenvalue weighted by Gasteiger charge is -2.23. The van der Waals surface area contributed by atoms with Crippen LogP contribution in [0.15, 0.2) is 6.07 Å². The molecule has 0 aliphatic heterocycles. The molecule has 0 aromatic carbocycles. The van der Waals surface area contributed by atoms with Crippen molar-refractivity contribution in [3.63, 3.8) is 0 Å². The molecule has 0 unspecified atom stereocenters. The van der Waals surface area contributed by atoms with Gasteiger partial charge in [-0.05, 0) is 13.8 Å². The minimum absolute atomic E-state index is 0.0190. The minimum Gasteiger partial charge on any atom is -0.373 e. The SMILES string of the molecule is CNc1cc(N(C)CC(=O)NC(C)C)nc(C(C)(C)C)n1. The van der Waals surface area contributed by atoms with Gasteiger partial charge in [-0.1, -0.05) is 20.8 Å². The maximum atomic E-state index is 11.9. The van der Waals surface area contributed by atoms with Crippen molar-refractivity contribution in [2.45, 2.75) is 46.1 Å². The smallest absolute Gasteiger partial charge is 0.239 e. The van der Waals surface area contributed by atoms with Gasteiger partial charge in [-0.2, -0.15) is 0 Å². The highest BCUT2D eigenvalue weighted by Gasteiger charge is 2.20. The van der Waals surface area contributed by atoms with Gasteiger partial charge in [0.15, 0.2) is 0 Å². The Morgan fingerprint density at radius 3 is 2.43 bits per heavy atom. The van der Waals surface area contributed by atoms with Crippen molar-refractivity contribution in [1.29, 1.82) is 0 Å². The second kappa shape index (κ2) is 6.74. The average Bonchev–Trinajstić information content (AvgIpc) is 2.35. The molecule has 6 nitrogen and oxygen atoms in total. The molecule has 1 rings (SSSR count). The molecule has 0 fully saturated rings. The van der Waals surface area contributed by atoms with Crippen LogP contribution in [0, 0.1) is 0 Å². The lowest BCUT2D eigenvalue weighted by Crippen LogP contribution is -2.39. The van der Waals surface area contributed by atoms with Crippen LogP contribution in [0.25, 0.3) is 0 Å². The van der Waals surface area contributed by atoms with E-state index in [1.54, 1.807) is 0 Å². The van der Waals surface area contributed by atoms with E-state index in [0.29, 0.717) is 0 Å². The number of rotatable bonds is 5. The number of likely N-dealkylation sites (N-methyl/N-ethyl adjacent to an activating group) is 1. The zero-order valence-electron chi connectivity index (χ0n) is 14.1. The van der Waals surface area contributed by atoms with Crippen LogP contribution in [-0.4, -0.2) is 42.6 Å². The number of hydrogen-bond donors (Lipinski definition) is 2. The van der Waals surface area contributed by atoms with E-state index in [-0.39, 0.29) is 23.9 Å². The molecule has 118 valence electrons. The van der Waals surface area contributed by atoms with Crippen LogP contribution in [0.3, 0.4) is 0 Å². The van der Waals surface area contributed by atoms with E-state index in [4.69, 9.17) is 0 Å². The van der Waals surface area contributed by atoms with Crippen molar-refractivity contribution in [3.8, 4) is 0 Å². The van der Waals surface area contributed by atoms with Crippen LogP contribution < -0.4 is 15.5 Å². The maximum absolute atomic E-state index is 11.9.